The van der Waals surface area contributed by atoms with E-state index in [2.05, 4.69) is 0 Å². The van der Waals surface area contributed by atoms with Gasteiger partial charge in [0.05, 0.1) is 12.2 Å². The Labute approximate surface area is 138 Å². The van der Waals surface area contributed by atoms with Crippen LogP contribution in [0.5, 0.6) is 5.75 Å². The molecule has 3 aliphatic rings. The Kier molecular flexibility index (Phi) is 2.62. The third-order valence-corrected chi connectivity index (χ3v) is 5.36. The summed E-state index contributed by atoms with van der Waals surface area (Å²) in [7, 11) is 0. The van der Waals surface area contributed by atoms with Gasteiger partial charge in [-0.25, -0.2) is 4.79 Å². The van der Waals surface area contributed by atoms with E-state index in [9.17, 15) is 9.90 Å². The summed E-state index contributed by atoms with van der Waals surface area (Å²) in [6, 6.07) is 16.9. The number of fused-ring (bicyclic) bond motifs is 2. The number of ether oxygens (including phenoxy) is 3. The molecule has 2 aromatic rings. The summed E-state index contributed by atoms with van der Waals surface area (Å²) in [6.07, 6.45) is 0.696. The number of carbonyl (C=O) groups excluding carboxylic acids is 1. The Balaban J connectivity index is 1.71. The molecule has 1 spiro atoms. The van der Waals surface area contributed by atoms with Crippen molar-refractivity contribution in [2.24, 2.45) is 0 Å². The molecule has 3 heterocycles. The van der Waals surface area contributed by atoms with Gasteiger partial charge >= 0.3 is 5.97 Å². The van der Waals surface area contributed by atoms with Crippen molar-refractivity contribution in [1.82, 2.24) is 0 Å². The second kappa shape index (κ2) is 4.45. The van der Waals surface area contributed by atoms with E-state index < -0.39 is 23.0 Å². The zero-order valence-corrected chi connectivity index (χ0v) is 12.9. The number of carbonyl (C=O) groups is 1. The first-order valence-electron chi connectivity index (χ1n) is 8.04. The van der Waals surface area contributed by atoms with Crippen LogP contribution in [0.25, 0.3) is 0 Å². The minimum Gasteiger partial charge on any atom is -0.424 e. The molecule has 2 saturated heterocycles. The van der Waals surface area contributed by atoms with Crippen LogP contribution in [0.3, 0.4) is 0 Å². The van der Waals surface area contributed by atoms with Crippen LogP contribution in [0.15, 0.2) is 54.6 Å². The fraction of sp³-hybridized carbons (Fsp3) is 0.316. The third-order valence-electron chi connectivity index (χ3n) is 5.36. The number of hydrogen-bond donors (Lipinski definition) is 1. The molecule has 2 aromatic carbocycles. The molecule has 0 unspecified atom stereocenters. The molecule has 5 rings (SSSR count). The van der Waals surface area contributed by atoms with Crippen LogP contribution in [0.1, 0.15) is 24.0 Å². The topological polar surface area (TPSA) is 65.0 Å². The summed E-state index contributed by atoms with van der Waals surface area (Å²) in [4.78, 5) is 12.5. The lowest BCUT2D eigenvalue weighted by Gasteiger charge is -2.49. The lowest BCUT2D eigenvalue weighted by molar-refractivity contribution is -0.319. The van der Waals surface area contributed by atoms with Crippen LogP contribution < -0.4 is 4.74 Å². The summed E-state index contributed by atoms with van der Waals surface area (Å²) < 4.78 is 17.8. The molecule has 0 amide bonds. The fourth-order valence-corrected chi connectivity index (χ4v) is 4.06. The molecule has 0 saturated carbocycles. The van der Waals surface area contributed by atoms with Crippen molar-refractivity contribution < 1.29 is 24.1 Å². The van der Waals surface area contributed by atoms with E-state index in [0.717, 1.165) is 5.56 Å². The van der Waals surface area contributed by atoms with Crippen molar-refractivity contribution in [3.05, 3.63) is 65.7 Å². The maximum atomic E-state index is 12.5. The van der Waals surface area contributed by atoms with E-state index in [1.807, 2.05) is 36.4 Å². The van der Waals surface area contributed by atoms with E-state index in [-0.39, 0.29) is 13.0 Å². The molecule has 1 N–H and O–H groups in total. The van der Waals surface area contributed by atoms with Crippen molar-refractivity contribution >= 4 is 5.97 Å². The van der Waals surface area contributed by atoms with Gasteiger partial charge in [0.2, 0.25) is 11.4 Å². The lowest BCUT2D eigenvalue weighted by Crippen LogP contribution is -2.64. The highest BCUT2D eigenvalue weighted by atomic mass is 16.8. The molecule has 0 radical (unpaired) electrons. The largest absolute Gasteiger partial charge is 0.424 e. The van der Waals surface area contributed by atoms with Crippen molar-refractivity contribution in [2.75, 3.05) is 6.61 Å². The Morgan fingerprint density at radius 1 is 0.958 bits per heavy atom. The Morgan fingerprint density at radius 2 is 1.71 bits per heavy atom. The van der Waals surface area contributed by atoms with Crippen molar-refractivity contribution in [1.29, 1.82) is 0 Å². The average molecular weight is 324 g/mol. The van der Waals surface area contributed by atoms with Crippen LogP contribution in [-0.2, 0) is 25.7 Å². The number of benzene rings is 2. The summed E-state index contributed by atoms with van der Waals surface area (Å²) >= 11 is 0. The minimum absolute atomic E-state index is 0.217. The molecular formula is C19H16O5. The van der Waals surface area contributed by atoms with Crippen LogP contribution in [0.2, 0.25) is 0 Å². The van der Waals surface area contributed by atoms with E-state index >= 15 is 0 Å². The summed E-state index contributed by atoms with van der Waals surface area (Å²) in [5, 5.41) is 11.1. The van der Waals surface area contributed by atoms with Gasteiger partial charge < -0.3 is 19.3 Å². The zero-order valence-electron chi connectivity index (χ0n) is 12.9. The normalized spacial score (nSPS) is 36.6. The van der Waals surface area contributed by atoms with Crippen molar-refractivity contribution in [3.63, 3.8) is 0 Å². The first kappa shape index (κ1) is 14.2. The molecule has 2 bridgehead atoms. The minimum atomic E-state index is -1.84. The van der Waals surface area contributed by atoms with Crippen molar-refractivity contribution in [3.8, 4) is 5.75 Å². The molecule has 5 nitrogen and oxygen atoms in total. The van der Waals surface area contributed by atoms with Gasteiger partial charge in [-0.2, -0.15) is 0 Å². The van der Waals surface area contributed by atoms with Crippen LogP contribution in [-0.4, -0.2) is 23.3 Å². The lowest BCUT2D eigenvalue weighted by atomic mass is 9.75. The maximum Gasteiger partial charge on any atom is 0.349 e. The Hall–Kier alpha value is -2.21. The maximum absolute atomic E-state index is 12.5. The first-order valence-corrected chi connectivity index (χ1v) is 8.04. The molecule has 0 aliphatic carbocycles. The summed E-state index contributed by atoms with van der Waals surface area (Å²) in [5.74, 6) is -1.87. The van der Waals surface area contributed by atoms with Gasteiger partial charge in [0.15, 0.2) is 0 Å². The number of esters is 1. The summed E-state index contributed by atoms with van der Waals surface area (Å²) in [6.45, 7) is 0.279. The van der Waals surface area contributed by atoms with Gasteiger partial charge in [0.25, 0.3) is 0 Å². The van der Waals surface area contributed by atoms with Gasteiger partial charge in [0, 0.05) is 0 Å². The smallest absolute Gasteiger partial charge is 0.349 e. The summed E-state index contributed by atoms with van der Waals surface area (Å²) in [5.41, 5.74) is -0.959. The number of hydrogen-bond acceptors (Lipinski definition) is 5. The van der Waals surface area contributed by atoms with Gasteiger partial charge in [-0.3, -0.25) is 0 Å². The molecule has 3 atom stereocenters. The Bertz CT molecular complexity index is 835. The van der Waals surface area contributed by atoms with Crippen molar-refractivity contribution in [2.45, 2.75) is 29.8 Å². The highest BCUT2D eigenvalue weighted by Crippen LogP contribution is 2.61. The first-order chi connectivity index (χ1) is 11.6. The fourth-order valence-electron chi connectivity index (χ4n) is 4.06. The molecule has 2 fully saturated rings. The quantitative estimate of drug-likeness (QED) is 0.644. The van der Waals surface area contributed by atoms with Gasteiger partial charge in [0.1, 0.15) is 11.4 Å². The highest BCUT2D eigenvalue weighted by molar-refractivity contribution is 5.86. The predicted octanol–water partition coefficient (Wildman–Crippen LogP) is 2.23. The number of para-hydroxylation sites is 1. The average Bonchev–Trinajstić information content (AvgIpc) is 2.97. The van der Waals surface area contributed by atoms with E-state index in [0.29, 0.717) is 17.7 Å². The number of rotatable bonds is 1. The second-order valence-electron chi connectivity index (χ2n) is 6.61. The van der Waals surface area contributed by atoms with Gasteiger partial charge in [-0.05, 0) is 30.5 Å². The van der Waals surface area contributed by atoms with Gasteiger partial charge in [-0.15, -0.1) is 0 Å². The third kappa shape index (κ3) is 1.52. The molecule has 3 aliphatic heterocycles. The highest BCUT2D eigenvalue weighted by Gasteiger charge is 2.73. The standard InChI is InChI=1S/C19H16O5/c20-16-18(21)11-10-17(13-6-2-1-3-7-13)12-22-19(18,24-17)14-8-4-5-9-15(14)23-16/h1-9,21H,10-12H2/t17-,18+,19+/m0/s1. The second-order valence-corrected chi connectivity index (χ2v) is 6.61. The van der Waals surface area contributed by atoms with Crippen LogP contribution in [0, 0.1) is 0 Å². The van der Waals surface area contributed by atoms with Crippen LogP contribution in [0.4, 0.5) is 0 Å². The van der Waals surface area contributed by atoms with Gasteiger partial charge in [-0.1, -0.05) is 42.5 Å². The molecule has 5 heteroatoms. The SMILES string of the molecule is O=C1Oc2ccccc2[C@]23OC[C@](c4ccccc4)(CC[C@@]12O)O3. The van der Waals surface area contributed by atoms with E-state index in [1.54, 1.807) is 18.2 Å². The molecule has 0 aromatic heterocycles. The van der Waals surface area contributed by atoms with Crippen LogP contribution >= 0.6 is 0 Å². The monoisotopic (exact) mass is 324 g/mol. The molecule has 122 valence electrons. The Morgan fingerprint density at radius 3 is 2.54 bits per heavy atom. The van der Waals surface area contributed by atoms with E-state index in [4.69, 9.17) is 14.2 Å². The zero-order chi connectivity index (χ0) is 16.4. The number of aliphatic hydroxyl groups is 1. The molecular weight excluding hydrogens is 308 g/mol. The molecule has 24 heavy (non-hydrogen) atoms. The predicted molar refractivity (Wildman–Crippen MR) is 83.1 cm³/mol. The van der Waals surface area contributed by atoms with E-state index in [1.165, 1.54) is 0 Å².